The number of hydrogen-bond acceptors (Lipinski definition) is 7. The number of benzene rings is 1. The van der Waals surface area contributed by atoms with Crippen molar-refractivity contribution in [1.82, 2.24) is 0 Å². The molecule has 0 aromatic heterocycles. The Morgan fingerprint density at radius 3 is 2.34 bits per heavy atom. The van der Waals surface area contributed by atoms with Crippen LogP contribution in [0, 0.1) is 15.5 Å². The number of rotatable bonds is 5. The number of anilines is 1. The Bertz CT molecular complexity index is 845. The van der Waals surface area contributed by atoms with Crippen LogP contribution in [0.2, 0.25) is 0 Å². The molecule has 0 fully saturated rings. The fraction of sp³-hybridized carbons (Fsp3) is 0.550. The van der Waals surface area contributed by atoms with Crippen molar-refractivity contribution < 1.29 is 28.8 Å². The first kappa shape index (κ1) is 22.3. The minimum atomic E-state index is -1.83. The van der Waals surface area contributed by atoms with E-state index in [1.165, 1.54) is 13.8 Å². The number of amides is 2. The lowest BCUT2D eigenvalue weighted by atomic mass is 9.69. The van der Waals surface area contributed by atoms with E-state index in [1.807, 2.05) is 0 Å². The topological polar surface area (TPSA) is 116 Å². The Balaban J connectivity index is 2.64. The predicted octanol–water partition coefficient (Wildman–Crippen LogP) is 3.29. The second-order valence-electron chi connectivity index (χ2n) is 8.11. The average molecular weight is 406 g/mol. The van der Waals surface area contributed by atoms with Gasteiger partial charge in [0.1, 0.15) is 11.0 Å². The van der Waals surface area contributed by atoms with Crippen LogP contribution < -0.4 is 4.90 Å². The summed E-state index contributed by atoms with van der Waals surface area (Å²) in [6.45, 7) is 9.13. The van der Waals surface area contributed by atoms with Crippen LogP contribution in [0.3, 0.4) is 0 Å². The van der Waals surface area contributed by atoms with Gasteiger partial charge in [-0.05, 0) is 46.2 Å². The van der Waals surface area contributed by atoms with Crippen molar-refractivity contribution in [3.05, 3.63) is 39.9 Å². The van der Waals surface area contributed by atoms with Crippen LogP contribution >= 0.6 is 0 Å². The van der Waals surface area contributed by atoms with Gasteiger partial charge in [0, 0.05) is 11.8 Å². The summed E-state index contributed by atoms with van der Waals surface area (Å²) in [4.78, 5) is 50.8. The standard InChI is InChI=1S/C20H26N2O7/c1-7-28-17(24)20(6,12(2)22(26)27)15-13-10-8-9-11-14(13)21(16(15)23)18(25)29-19(3,4)5/h8-12,15H,7H2,1-6H3/t12-,15?,20-/m0/s1. The molecule has 1 aromatic rings. The highest BCUT2D eigenvalue weighted by Crippen LogP contribution is 2.50. The maximum absolute atomic E-state index is 13.4. The normalized spacial score (nSPS) is 19.2. The number of fused-ring (bicyclic) bond motifs is 1. The zero-order valence-electron chi connectivity index (χ0n) is 17.4. The number of para-hydroxylation sites is 1. The van der Waals surface area contributed by atoms with Gasteiger partial charge >= 0.3 is 12.1 Å². The van der Waals surface area contributed by atoms with Gasteiger partial charge in [-0.15, -0.1) is 0 Å². The highest BCUT2D eigenvalue weighted by Gasteiger charge is 2.61. The van der Waals surface area contributed by atoms with Gasteiger partial charge in [-0.1, -0.05) is 18.2 Å². The van der Waals surface area contributed by atoms with Gasteiger partial charge in [0.25, 0.3) is 0 Å². The first-order valence-corrected chi connectivity index (χ1v) is 9.32. The van der Waals surface area contributed by atoms with E-state index >= 15 is 0 Å². The lowest BCUT2D eigenvalue weighted by molar-refractivity contribution is -0.534. The Morgan fingerprint density at radius 1 is 1.24 bits per heavy atom. The molecule has 0 aliphatic carbocycles. The third kappa shape index (κ3) is 3.94. The van der Waals surface area contributed by atoms with Gasteiger partial charge in [-0.3, -0.25) is 19.7 Å². The van der Waals surface area contributed by atoms with Crippen molar-refractivity contribution >= 4 is 23.7 Å². The van der Waals surface area contributed by atoms with Crippen LogP contribution in [0.25, 0.3) is 0 Å². The van der Waals surface area contributed by atoms with Crippen molar-refractivity contribution in [2.45, 2.75) is 59.1 Å². The summed E-state index contributed by atoms with van der Waals surface area (Å²) in [6, 6.07) is 4.94. The zero-order valence-corrected chi connectivity index (χ0v) is 17.4. The van der Waals surface area contributed by atoms with Gasteiger partial charge in [0.2, 0.25) is 11.9 Å². The SMILES string of the molecule is CCOC(=O)[C@](C)(C1C(=O)N(C(=O)OC(C)(C)C)c2ccccc21)[C@H](C)[N+](=O)[O-]. The van der Waals surface area contributed by atoms with E-state index in [1.54, 1.807) is 52.0 Å². The molecule has 0 N–H and O–H groups in total. The van der Waals surface area contributed by atoms with Crippen molar-refractivity contribution in [2.24, 2.45) is 5.41 Å². The van der Waals surface area contributed by atoms with E-state index in [0.717, 1.165) is 4.90 Å². The molecule has 0 spiro atoms. The summed E-state index contributed by atoms with van der Waals surface area (Å²) in [5, 5.41) is 11.6. The minimum absolute atomic E-state index is 0.00278. The molecule has 2 rings (SSSR count). The third-order valence-corrected chi connectivity index (χ3v) is 5.03. The number of carbonyl (C=O) groups excluding carboxylic acids is 3. The third-order valence-electron chi connectivity index (χ3n) is 5.03. The fourth-order valence-electron chi connectivity index (χ4n) is 3.43. The molecule has 1 aliphatic heterocycles. The van der Waals surface area contributed by atoms with Crippen molar-refractivity contribution in [3.8, 4) is 0 Å². The number of carbonyl (C=O) groups is 3. The molecule has 0 saturated carbocycles. The Labute approximate surface area is 169 Å². The fourth-order valence-corrected chi connectivity index (χ4v) is 3.43. The minimum Gasteiger partial charge on any atom is -0.465 e. The van der Waals surface area contributed by atoms with Crippen LogP contribution in [-0.2, 0) is 19.1 Å². The lowest BCUT2D eigenvalue weighted by Gasteiger charge is -2.32. The maximum atomic E-state index is 13.4. The van der Waals surface area contributed by atoms with Crippen molar-refractivity contribution in [3.63, 3.8) is 0 Å². The smallest absolute Gasteiger partial charge is 0.421 e. The second-order valence-corrected chi connectivity index (χ2v) is 8.11. The molecule has 9 heteroatoms. The lowest BCUT2D eigenvalue weighted by Crippen LogP contribution is -2.51. The number of ether oxygens (including phenoxy) is 2. The molecular weight excluding hydrogens is 380 g/mol. The Morgan fingerprint density at radius 2 is 1.83 bits per heavy atom. The van der Waals surface area contributed by atoms with Gasteiger partial charge in [0.15, 0.2) is 0 Å². The summed E-state index contributed by atoms with van der Waals surface area (Å²) in [6.07, 6.45) is -0.905. The monoisotopic (exact) mass is 406 g/mol. The molecule has 0 radical (unpaired) electrons. The highest BCUT2D eigenvalue weighted by molar-refractivity contribution is 6.20. The molecule has 3 atom stereocenters. The molecule has 1 heterocycles. The second kappa shape index (κ2) is 7.81. The highest BCUT2D eigenvalue weighted by atomic mass is 16.6. The molecular formula is C20H26N2O7. The summed E-state index contributed by atoms with van der Waals surface area (Å²) in [7, 11) is 0. The number of nitrogens with zero attached hydrogens (tertiary/aromatic N) is 2. The molecule has 0 saturated heterocycles. The predicted molar refractivity (Wildman–Crippen MR) is 104 cm³/mol. The Kier molecular flexibility index (Phi) is 6.01. The molecule has 1 aromatic carbocycles. The quantitative estimate of drug-likeness (QED) is 0.418. The van der Waals surface area contributed by atoms with E-state index < -0.39 is 45.9 Å². The van der Waals surface area contributed by atoms with Crippen LogP contribution in [0.15, 0.2) is 24.3 Å². The van der Waals surface area contributed by atoms with Gasteiger partial charge < -0.3 is 9.47 Å². The van der Waals surface area contributed by atoms with Gasteiger partial charge in [0.05, 0.1) is 18.2 Å². The van der Waals surface area contributed by atoms with Crippen LogP contribution in [0.1, 0.15) is 53.0 Å². The molecule has 158 valence electrons. The van der Waals surface area contributed by atoms with Crippen molar-refractivity contribution in [1.29, 1.82) is 0 Å². The van der Waals surface area contributed by atoms with E-state index in [0.29, 0.717) is 5.56 Å². The average Bonchev–Trinajstić information content (AvgIpc) is 2.91. The van der Waals surface area contributed by atoms with Crippen LogP contribution in [-0.4, -0.2) is 41.1 Å². The molecule has 9 nitrogen and oxygen atoms in total. The largest absolute Gasteiger partial charge is 0.465 e. The molecule has 29 heavy (non-hydrogen) atoms. The van der Waals surface area contributed by atoms with Gasteiger partial charge in [-0.25, -0.2) is 9.69 Å². The zero-order chi connectivity index (χ0) is 22.1. The van der Waals surface area contributed by atoms with E-state index in [9.17, 15) is 24.5 Å². The summed E-state index contributed by atoms with van der Waals surface area (Å²) in [5.74, 6) is -2.90. The molecule has 0 bridgehead atoms. The maximum Gasteiger partial charge on any atom is 0.421 e. The number of imide groups is 1. The first-order chi connectivity index (χ1) is 13.4. The molecule has 1 unspecified atom stereocenters. The Hall–Kier alpha value is -2.97. The van der Waals surface area contributed by atoms with E-state index in [4.69, 9.17) is 9.47 Å². The first-order valence-electron chi connectivity index (χ1n) is 9.32. The summed E-state index contributed by atoms with van der Waals surface area (Å²) in [5.41, 5.74) is -2.11. The van der Waals surface area contributed by atoms with E-state index in [-0.39, 0.29) is 12.3 Å². The van der Waals surface area contributed by atoms with Crippen molar-refractivity contribution in [2.75, 3.05) is 11.5 Å². The summed E-state index contributed by atoms with van der Waals surface area (Å²) >= 11 is 0. The molecule has 1 aliphatic rings. The van der Waals surface area contributed by atoms with E-state index in [2.05, 4.69) is 0 Å². The number of nitro groups is 1. The van der Waals surface area contributed by atoms with Crippen LogP contribution in [0.4, 0.5) is 10.5 Å². The van der Waals surface area contributed by atoms with Crippen LogP contribution in [0.5, 0.6) is 0 Å². The molecule has 2 amide bonds. The number of hydrogen-bond donors (Lipinski definition) is 0. The van der Waals surface area contributed by atoms with Gasteiger partial charge in [-0.2, -0.15) is 0 Å². The summed E-state index contributed by atoms with van der Waals surface area (Å²) < 4.78 is 10.4. The number of esters is 1.